The molecule has 1 unspecified atom stereocenters. The van der Waals surface area contributed by atoms with Crippen molar-refractivity contribution in [2.45, 2.75) is 64.8 Å². The fourth-order valence-electron chi connectivity index (χ4n) is 2.24. The van der Waals surface area contributed by atoms with Gasteiger partial charge in [0, 0.05) is 6.54 Å². The summed E-state index contributed by atoms with van der Waals surface area (Å²) in [7, 11) is 0. The number of amides is 1. The van der Waals surface area contributed by atoms with Crippen LogP contribution in [0.5, 0.6) is 0 Å². The number of hydrogen-bond acceptors (Lipinski definition) is 2. The molecular formula is C13H26N2O. The highest BCUT2D eigenvalue weighted by molar-refractivity contribution is 5.85. The Morgan fingerprint density at radius 2 is 1.94 bits per heavy atom. The molecule has 0 spiro atoms. The molecule has 1 aliphatic carbocycles. The number of hydrogen-bond donors (Lipinski definition) is 2. The Hall–Kier alpha value is -0.570. The van der Waals surface area contributed by atoms with Crippen molar-refractivity contribution >= 4 is 5.91 Å². The minimum atomic E-state index is -0.717. The standard InChI is InChI=1S/C13H26N2O/c1-4-13(3,14)11(16)15-10-12(2)8-6-5-7-9-12/h4-10,14H2,1-3H3,(H,15,16). The second-order valence-electron chi connectivity index (χ2n) is 5.83. The molecule has 1 amide bonds. The van der Waals surface area contributed by atoms with Crippen LogP contribution in [0.1, 0.15) is 59.3 Å². The second kappa shape index (κ2) is 5.17. The molecule has 3 heteroatoms. The van der Waals surface area contributed by atoms with E-state index in [0.717, 1.165) is 6.54 Å². The lowest BCUT2D eigenvalue weighted by Gasteiger charge is -2.34. The van der Waals surface area contributed by atoms with E-state index in [2.05, 4.69) is 12.2 Å². The molecule has 0 radical (unpaired) electrons. The summed E-state index contributed by atoms with van der Waals surface area (Å²) in [6.45, 7) is 6.79. The zero-order valence-corrected chi connectivity index (χ0v) is 10.9. The van der Waals surface area contributed by atoms with Gasteiger partial charge in [-0.15, -0.1) is 0 Å². The summed E-state index contributed by atoms with van der Waals surface area (Å²) in [5, 5.41) is 3.02. The van der Waals surface area contributed by atoms with Crippen molar-refractivity contribution in [3.8, 4) is 0 Å². The first-order valence-corrected chi connectivity index (χ1v) is 6.47. The fraction of sp³-hybridized carbons (Fsp3) is 0.923. The molecule has 0 aliphatic heterocycles. The van der Waals surface area contributed by atoms with Gasteiger partial charge in [0.1, 0.15) is 0 Å². The van der Waals surface area contributed by atoms with Gasteiger partial charge in [0.25, 0.3) is 0 Å². The molecule has 94 valence electrons. The second-order valence-corrected chi connectivity index (χ2v) is 5.83. The van der Waals surface area contributed by atoms with Gasteiger partial charge in [-0.05, 0) is 31.6 Å². The maximum atomic E-state index is 11.8. The Bertz CT molecular complexity index is 242. The summed E-state index contributed by atoms with van der Waals surface area (Å²) in [5.41, 5.74) is 5.48. The average molecular weight is 226 g/mol. The molecule has 0 heterocycles. The van der Waals surface area contributed by atoms with Crippen LogP contribution in [0.25, 0.3) is 0 Å². The summed E-state index contributed by atoms with van der Waals surface area (Å²) in [5.74, 6) is -0.0122. The SMILES string of the molecule is CCC(C)(N)C(=O)NCC1(C)CCCCC1. The van der Waals surface area contributed by atoms with Crippen molar-refractivity contribution in [2.75, 3.05) is 6.54 Å². The van der Waals surface area contributed by atoms with Gasteiger partial charge in [-0.1, -0.05) is 33.1 Å². The Morgan fingerprint density at radius 1 is 1.38 bits per heavy atom. The van der Waals surface area contributed by atoms with Crippen LogP contribution in [0.4, 0.5) is 0 Å². The topological polar surface area (TPSA) is 55.1 Å². The summed E-state index contributed by atoms with van der Waals surface area (Å²) in [6.07, 6.45) is 7.05. The molecule has 0 saturated heterocycles. The van der Waals surface area contributed by atoms with Gasteiger partial charge >= 0.3 is 0 Å². The first kappa shape index (κ1) is 13.5. The number of nitrogens with two attached hydrogens (primary N) is 1. The average Bonchev–Trinajstić information content (AvgIpc) is 2.27. The van der Waals surface area contributed by atoms with E-state index in [4.69, 9.17) is 5.73 Å². The van der Waals surface area contributed by atoms with Crippen LogP contribution in [0.15, 0.2) is 0 Å². The lowest BCUT2D eigenvalue weighted by atomic mass is 9.75. The van der Waals surface area contributed by atoms with Gasteiger partial charge < -0.3 is 11.1 Å². The number of rotatable bonds is 4. The predicted octanol–water partition coefficient (Wildman–Crippen LogP) is 2.20. The number of nitrogens with one attached hydrogen (secondary N) is 1. The maximum Gasteiger partial charge on any atom is 0.239 e. The third-order valence-electron chi connectivity index (χ3n) is 3.99. The zero-order chi connectivity index (χ0) is 12.2. The van der Waals surface area contributed by atoms with Crippen molar-refractivity contribution in [3.63, 3.8) is 0 Å². The third-order valence-corrected chi connectivity index (χ3v) is 3.99. The van der Waals surface area contributed by atoms with E-state index in [9.17, 15) is 4.79 Å². The molecule has 1 atom stereocenters. The molecule has 3 N–H and O–H groups in total. The monoisotopic (exact) mass is 226 g/mol. The number of carbonyl (C=O) groups is 1. The van der Waals surface area contributed by atoms with Gasteiger partial charge in [0.15, 0.2) is 0 Å². The van der Waals surface area contributed by atoms with Gasteiger partial charge in [0.05, 0.1) is 5.54 Å². The summed E-state index contributed by atoms with van der Waals surface area (Å²) >= 11 is 0. The Kier molecular flexibility index (Phi) is 4.36. The van der Waals surface area contributed by atoms with Gasteiger partial charge in [-0.25, -0.2) is 0 Å². The van der Waals surface area contributed by atoms with Crippen molar-refractivity contribution in [1.29, 1.82) is 0 Å². The summed E-state index contributed by atoms with van der Waals surface area (Å²) in [4.78, 5) is 11.8. The molecule has 16 heavy (non-hydrogen) atoms. The highest BCUT2D eigenvalue weighted by atomic mass is 16.2. The highest BCUT2D eigenvalue weighted by Gasteiger charge is 2.30. The van der Waals surface area contributed by atoms with Crippen LogP contribution in [0.3, 0.4) is 0 Å². The molecular weight excluding hydrogens is 200 g/mol. The van der Waals surface area contributed by atoms with Crippen LogP contribution in [0, 0.1) is 5.41 Å². The smallest absolute Gasteiger partial charge is 0.239 e. The molecule has 0 bridgehead atoms. The quantitative estimate of drug-likeness (QED) is 0.772. The summed E-state index contributed by atoms with van der Waals surface area (Å²) in [6, 6.07) is 0. The van der Waals surface area contributed by atoms with E-state index in [1.54, 1.807) is 6.92 Å². The van der Waals surface area contributed by atoms with Crippen molar-refractivity contribution in [3.05, 3.63) is 0 Å². The van der Waals surface area contributed by atoms with Crippen molar-refractivity contribution in [1.82, 2.24) is 5.32 Å². The minimum absolute atomic E-state index is 0.0122. The first-order valence-electron chi connectivity index (χ1n) is 6.47. The fourth-order valence-corrected chi connectivity index (χ4v) is 2.24. The Labute approximate surface area is 99.2 Å². The summed E-state index contributed by atoms with van der Waals surface area (Å²) < 4.78 is 0. The van der Waals surface area contributed by atoms with Gasteiger partial charge in [0.2, 0.25) is 5.91 Å². The van der Waals surface area contributed by atoms with Crippen LogP contribution in [-0.4, -0.2) is 18.0 Å². The number of carbonyl (C=O) groups excluding carboxylic acids is 1. The lowest BCUT2D eigenvalue weighted by Crippen LogP contribution is -2.53. The van der Waals surface area contributed by atoms with Crippen molar-refractivity contribution < 1.29 is 4.79 Å². The minimum Gasteiger partial charge on any atom is -0.354 e. The Balaban J connectivity index is 2.41. The molecule has 1 fully saturated rings. The van der Waals surface area contributed by atoms with E-state index in [1.165, 1.54) is 32.1 Å². The lowest BCUT2D eigenvalue weighted by molar-refractivity contribution is -0.126. The van der Waals surface area contributed by atoms with E-state index in [1.807, 2.05) is 6.92 Å². The van der Waals surface area contributed by atoms with E-state index >= 15 is 0 Å². The third kappa shape index (κ3) is 3.48. The molecule has 0 aromatic carbocycles. The zero-order valence-electron chi connectivity index (χ0n) is 10.9. The van der Waals surface area contributed by atoms with E-state index < -0.39 is 5.54 Å². The molecule has 3 nitrogen and oxygen atoms in total. The van der Waals surface area contributed by atoms with Gasteiger partial charge in [-0.3, -0.25) is 4.79 Å². The Morgan fingerprint density at radius 3 is 2.44 bits per heavy atom. The normalized spacial score (nSPS) is 23.5. The van der Waals surface area contributed by atoms with Crippen LogP contribution in [-0.2, 0) is 4.79 Å². The maximum absolute atomic E-state index is 11.8. The van der Waals surface area contributed by atoms with E-state index in [0.29, 0.717) is 6.42 Å². The molecule has 0 aromatic rings. The largest absolute Gasteiger partial charge is 0.354 e. The van der Waals surface area contributed by atoms with Crippen LogP contribution >= 0.6 is 0 Å². The van der Waals surface area contributed by atoms with E-state index in [-0.39, 0.29) is 11.3 Å². The predicted molar refractivity (Wildman–Crippen MR) is 67.1 cm³/mol. The molecule has 1 saturated carbocycles. The van der Waals surface area contributed by atoms with Crippen molar-refractivity contribution in [2.24, 2.45) is 11.1 Å². The highest BCUT2D eigenvalue weighted by Crippen LogP contribution is 2.34. The first-order chi connectivity index (χ1) is 7.40. The molecule has 1 aliphatic rings. The van der Waals surface area contributed by atoms with Gasteiger partial charge in [-0.2, -0.15) is 0 Å². The van der Waals surface area contributed by atoms with Crippen LogP contribution in [0.2, 0.25) is 0 Å². The molecule has 1 rings (SSSR count). The van der Waals surface area contributed by atoms with Crippen LogP contribution < -0.4 is 11.1 Å². The molecule has 0 aromatic heterocycles.